The lowest BCUT2D eigenvalue weighted by Crippen LogP contribution is -2.13. The summed E-state index contributed by atoms with van der Waals surface area (Å²) < 4.78 is 5.97. The summed E-state index contributed by atoms with van der Waals surface area (Å²) in [6, 6.07) is 31.7. The second kappa shape index (κ2) is 9.29. The molecule has 0 saturated carbocycles. The summed E-state index contributed by atoms with van der Waals surface area (Å²) >= 11 is 7.27. The Kier molecular flexibility index (Phi) is 5.81. The Balaban J connectivity index is 1.53. The van der Waals surface area contributed by atoms with Crippen LogP contribution in [0.1, 0.15) is 0 Å². The Morgan fingerprint density at radius 3 is 1.25 bits per heavy atom. The van der Waals surface area contributed by atoms with Crippen molar-refractivity contribution in [1.82, 2.24) is 9.13 Å². The third-order valence-corrected chi connectivity index (χ3v) is 9.28. The maximum atomic E-state index is 13.9. The van der Waals surface area contributed by atoms with Gasteiger partial charge in [0, 0.05) is 44.6 Å². The molecule has 2 heterocycles. The molecule has 7 aromatic rings. The van der Waals surface area contributed by atoms with Crippen LogP contribution >= 0.6 is 31.9 Å². The van der Waals surface area contributed by atoms with Gasteiger partial charge in [-0.3, -0.25) is 9.59 Å². The van der Waals surface area contributed by atoms with Crippen molar-refractivity contribution in [3.05, 3.63) is 126 Å². The molecule has 2 aromatic heterocycles. The van der Waals surface area contributed by atoms with Gasteiger partial charge in [-0.15, -0.1) is 0 Å². The van der Waals surface area contributed by atoms with E-state index >= 15 is 0 Å². The smallest absolute Gasteiger partial charge is 0.197 e. The summed E-state index contributed by atoms with van der Waals surface area (Å²) in [6.07, 6.45) is 0. The van der Waals surface area contributed by atoms with Crippen molar-refractivity contribution in [2.45, 2.75) is 0 Å². The summed E-state index contributed by atoms with van der Waals surface area (Å²) in [4.78, 5) is 27.9. The van der Waals surface area contributed by atoms with Gasteiger partial charge in [0.1, 0.15) is 0 Å². The standard InChI is InChI=1S/C34H22Br2N2O2/c1-37-29-13-11-19(21-7-3-5-9-27(21)35)15-23(29)33(39)25-18-32-26(17-31(25)37)34(40)24-16-20(12-14-30(24)38(32)2)22-8-4-6-10-28(22)36/h3-18H,1-2H3. The molecule has 7 rings (SSSR count). The number of nitrogens with zero attached hydrogens (tertiary/aromatic N) is 2. The molecule has 0 bridgehead atoms. The lowest BCUT2D eigenvalue weighted by Gasteiger charge is -2.16. The molecule has 0 amide bonds. The van der Waals surface area contributed by atoms with Gasteiger partial charge in [-0.1, -0.05) is 80.4 Å². The van der Waals surface area contributed by atoms with Gasteiger partial charge in [0.15, 0.2) is 10.9 Å². The summed E-state index contributed by atoms with van der Waals surface area (Å²) in [5.41, 5.74) is 7.01. The van der Waals surface area contributed by atoms with Gasteiger partial charge in [0.05, 0.1) is 22.1 Å². The molecular weight excluding hydrogens is 628 g/mol. The van der Waals surface area contributed by atoms with Gasteiger partial charge < -0.3 is 9.13 Å². The first-order valence-electron chi connectivity index (χ1n) is 12.9. The van der Waals surface area contributed by atoms with Crippen LogP contribution in [0.25, 0.3) is 65.9 Å². The summed E-state index contributed by atoms with van der Waals surface area (Å²) in [6.45, 7) is 0. The van der Waals surface area contributed by atoms with E-state index in [4.69, 9.17) is 0 Å². The van der Waals surface area contributed by atoms with Gasteiger partial charge in [-0.2, -0.15) is 0 Å². The zero-order valence-electron chi connectivity index (χ0n) is 21.7. The molecule has 0 fully saturated rings. The monoisotopic (exact) mass is 648 g/mol. The molecule has 6 heteroatoms. The minimum atomic E-state index is -0.0456. The Labute approximate surface area is 246 Å². The molecule has 0 aliphatic heterocycles. The zero-order chi connectivity index (χ0) is 27.7. The Hall–Kier alpha value is -4.00. The molecule has 0 unspecified atom stereocenters. The van der Waals surface area contributed by atoms with Crippen LogP contribution in [0.3, 0.4) is 0 Å². The van der Waals surface area contributed by atoms with E-state index in [1.165, 1.54) is 0 Å². The SMILES string of the molecule is Cn1c2ccc(-c3ccccc3Br)cc2c(=O)c2cc3c(cc21)c(=O)c1cc(-c2ccccc2Br)ccc1n3C. The molecule has 0 radical (unpaired) electrons. The highest BCUT2D eigenvalue weighted by Crippen LogP contribution is 2.33. The number of aryl methyl sites for hydroxylation is 2. The van der Waals surface area contributed by atoms with Crippen LogP contribution in [-0.4, -0.2) is 9.13 Å². The van der Waals surface area contributed by atoms with Crippen LogP contribution in [0, 0.1) is 0 Å². The number of halogens is 2. The van der Waals surface area contributed by atoms with Crippen molar-refractivity contribution in [2.75, 3.05) is 0 Å². The Morgan fingerprint density at radius 2 is 0.850 bits per heavy atom. The molecule has 4 nitrogen and oxygen atoms in total. The molecule has 0 aliphatic carbocycles. The number of pyridine rings is 2. The van der Waals surface area contributed by atoms with Gasteiger partial charge >= 0.3 is 0 Å². The van der Waals surface area contributed by atoms with E-state index < -0.39 is 0 Å². The quantitative estimate of drug-likeness (QED) is 0.176. The number of benzene rings is 5. The number of fused-ring (bicyclic) bond motifs is 4. The number of hydrogen-bond acceptors (Lipinski definition) is 2. The van der Waals surface area contributed by atoms with Crippen molar-refractivity contribution < 1.29 is 0 Å². The van der Waals surface area contributed by atoms with Gasteiger partial charge in [0.2, 0.25) is 0 Å². The van der Waals surface area contributed by atoms with E-state index in [0.29, 0.717) is 21.5 Å². The van der Waals surface area contributed by atoms with Crippen molar-refractivity contribution in [3.8, 4) is 22.3 Å². The molecule has 0 spiro atoms. The van der Waals surface area contributed by atoms with E-state index in [9.17, 15) is 9.59 Å². The van der Waals surface area contributed by atoms with Crippen molar-refractivity contribution in [1.29, 1.82) is 0 Å². The normalized spacial score (nSPS) is 11.7. The molecule has 0 saturated heterocycles. The van der Waals surface area contributed by atoms with Gasteiger partial charge in [-0.05, 0) is 70.8 Å². The van der Waals surface area contributed by atoms with Crippen LogP contribution in [0.2, 0.25) is 0 Å². The average molecular weight is 650 g/mol. The predicted molar refractivity (Wildman–Crippen MR) is 173 cm³/mol. The van der Waals surface area contributed by atoms with E-state index in [2.05, 4.69) is 31.9 Å². The van der Waals surface area contributed by atoms with E-state index in [-0.39, 0.29) is 10.9 Å². The maximum Gasteiger partial charge on any atom is 0.197 e. The topological polar surface area (TPSA) is 44.0 Å². The Bertz CT molecular complexity index is 2150. The summed E-state index contributed by atoms with van der Waals surface area (Å²) in [5.74, 6) is 0. The number of hydrogen-bond donors (Lipinski definition) is 0. The molecular formula is C34H22Br2N2O2. The van der Waals surface area contributed by atoms with Crippen molar-refractivity contribution >= 4 is 75.5 Å². The molecule has 0 N–H and O–H groups in total. The van der Waals surface area contributed by atoms with Gasteiger partial charge in [-0.25, -0.2) is 0 Å². The van der Waals surface area contributed by atoms with Crippen LogP contribution in [0.4, 0.5) is 0 Å². The zero-order valence-corrected chi connectivity index (χ0v) is 24.9. The fraction of sp³-hybridized carbons (Fsp3) is 0.0588. The second-order valence-corrected chi connectivity index (χ2v) is 11.8. The van der Waals surface area contributed by atoms with E-state index in [0.717, 1.165) is 53.3 Å². The summed E-state index contributed by atoms with van der Waals surface area (Å²) in [5, 5.41) is 2.47. The lowest BCUT2D eigenvalue weighted by atomic mass is 9.99. The third-order valence-electron chi connectivity index (χ3n) is 7.90. The predicted octanol–water partition coefficient (Wildman–Crippen LogP) is 8.56. The second-order valence-electron chi connectivity index (χ2n) is 10.1. The highest BCUT2D eigenvalue weighted by Gasteiger charge is 2.16. The van der Waals surface area contributed by atoms with Crippen LogP contribution in [0.15, 0.2) is 116 Å². The Morgan fingerprint density at radius 1 is 0.475 bits per heavy atom. The first-order chi connectivity index (χ1) is 19.3. The van der Waals surface area contributed by atoms with Gasteiger partial charge in [0.25, 0.3) is 0 Å². The summed E-state index contributed by atoms with van der Waals surface area (Å²) in [7, 11) is 3.90. The van der Waals surface area contributed by atoms with Crippen LogP contribution in [-0.2, 0) is 14.1 Å². The largest absolute Gasteiger partial charge is 0.343 e. The minimum absolute atomic E-state index is 0.0456. The van der Waals surface area contributed by atoms with Crippen LogP contribution in [0.5, 0.6) is 0 Å². The lowest BCUT2D eigenvalue weighted by molar-refractivity contribution is 0.994. The first-order valence-corrected chi connectivity index (χ1v) is 14.4. The highest BCUT2D eigenvalue weighted by molar-refractivity contribution is 9.11. The minimum Gasteiger partial charge on any atom is -0.343 e. The molecule has 0 atom stereocenters. The molecule has 40 heavy (non-hydrogen) atoms. The fourth-order valence-electron chi connectivity index (χ4n) is 5.79. The van der Waals surface area contributed by atoms with E-state index in [1.807, 2.05) is 120 Å². The maximum absolute atomic E-state index is 13.9. The highest BCUT2D eigenvalue weighted by atomic mass is 79.9. The first kappa shape index (κ1) is 25.0. The van der Waals surface area contributed by atoms with Crippen LogP contribution < -0.4 is 10.9 Å². The number of rotatable bonds is 2. The molecule has 5 aromatic carbocycles. The molecule has 0 aliphatic rings. The van der Waals surface area contributed by atoms with Crippen molar-refractivity contribution in [3.63, 3.8) is 0 Å². The number of aromatic nitrogens is 2. The molecule has 194 valence electrons. The van der Waals surface area contributed by atoms with Crippen molar-refractivity contribution in [2.24, 2.45) is 14.1 Å². The average Bonchev–Trinajstić information content (AvgIpc) is 2.98. The third kappa shape index (κ3) is 3.70. The van der Waals surface area contributed by atoms with E-state index in [1.54, 1.807) is 0 Å². The fourth-order valence-corrected chi connectivity index (χ4v) is 6.82.